The first-order valence-corrected chi connectivity index (χ1v) is 14.1. The van der Waals surface area contributed by atoms with E-state index in [1.807, 2.05) is 65.2 Å². The number of benzene rings is 4. The van der Waals surface area contributed by atoms with Gasteiger partial charge in [-0.1, -0.05) is 66.7 Å². The molecule has 7 rings (SSSR count). The highest BCUT2D eigenvalue weighted by Crippen LogP contribution is 2.32. The topological polar surface area (TPSA) is 76.0 Å². The van der Waals surface area contributed by atoms with Crippen LogP contribution < -0.4 is 10.4 Å². The van der Waals surface area contributed by atoms with Crippen LogP contribution in [0.3, 0.4) is 0 Å². The number of fused-ring (bicyclic) bond motifs is 2. The molecule has 0 amide bonds. The zero-order valence-corrected chi connectivity index (χ0v) is 23.0. The summed E-state index contributed by atoms with van der Waals surface area (Å²) in [5.41, 5.74) is 8.58. The van der Waals surface area contributed by atoms with Crippen LogP contribution in [0.2, 0.25) is 0 Å². The van der Waals surface area contributed by atoms with Crippen molar-refractivity contribution in [2.45, 2.75) is 25.4 Å². The average Bonchev–Trinajstić information content (AvgIpc) is 3.37. The van der Waals surface area contributed by atoms with Crippen molar-refractivity contribution in [3.8, 4) is 28.3 Å². The monoisotopic (exact) mass is 541 g/mol. The normalized spacial score (nSPS) is 14.6. The molecule has 3 heterocycles. The molecule has 7 nitrogen and oxygen atoms in total. The summed E-state index contributed by atoms with van der Waals surface area (Å²) in [6, 6.07) is 32.9. The van der Waals surface area contributed by atoms with E-state index in [1.54, 1.807) is 7.11 Å². The molecule has 0 saturated carbocycles. The molecular formula is C34H31N5O2. The number of imidazole rings is 1. The predicted molar refractivity (Wildman–Crippen MR) is 163 cm³/mol. The Hall–Kier alpha value is -4.75. The van der Waals surface area contributed by atoms with Crippen LogP contribution >= 0.6 is 0 Å². The maximum absolute atomic E-state index is 12.7. The third-order valence-corrected chi connectivity index (χ3v) is 8.10. The Morgan fingerprint density at radius 2 is 1.49 bits per heavy atom. The molecule has 4 aromatic carbocycles. The summed E-state index contributed by atoms with van der Waals surface area (Å²) < 4.78 is 7.38. The van der Waals surface area contributed by atoms with Crippen molar-refractivity contribution in [2.75, 3.05) is 20.2 Å². The Morgan fingerprint density at radius 3 is 2.24 bits per heavy atom. The third kappa shape index (κ3) is 4.89. The lowest BCUT2D eigenvalue weighted by atomic mass is 10.0. The fraction of sp³-hybridized carbons (Fsp3) is 0.206. The van der Waals surface area contributed by atoms with Crippen molar-refractivity contribution in [2.24, 2.45) is 0 Å². The van der Waals surface area contributed by atoms with Crippen molar-refractivity contribution in [1.82, 2.24) is 24.4 Å². The standard InChI is InChI=1S/C34H31N5O2/c1-41-27-15-16-28-30(21-27)36-33(32(35-28)24-7-3-2-4-8-24)25-13-11-23(12-14-25)22-38-19-17-26(18-20-38)39-31-10-6-5-9-29(31)37-34(39)40/h2-16,21,26H,17-20,22H2,1H3,(H,37,40). The lowest BCUT2D eigenvalue weighted by Gasteiger charge is -2.32. The van der Waals surface area contributed by atoms with E-state index in [0.29, 0.717) is 0 Å². The van der Waals surface area contributed by atoms with Crippen molar-refractivity contribution in [1.29, 1.82) is 0 Å². The number of rotatable bonds is 6. The maximum atomic E-state index is 12.7. The Labute approximate surface area is 238 Å². The molecule has 41 heavy (non-hydrogen) atoms. The summed E-state index contributed by atoms with van der Waals surface area (Å²) >= 11 is 0. The first-order chi connectivity index (χ1) is 20.2. The maximum Gasteiger partial charge on any atom is 0.326 e. The zero-order chi connectivity index (χ0) is 27.8. The van der Waals surface area contributed by atoms with Gasteiger partial charge in [-0.25, -0.2) is 14.8 Å². The summed E-state index contributed by atoms with van der Waals surface area (Å²) in [4.78, 5) is 28.2. The first-order valence-electron chi connectivity index (χ1n) is 14.1. The number of hydrogen-bond donors (Lipinski definition) is 1. The zero-order valence-electron chi connectivity index (χ0n) is 23.0. The number of aromatic nitrogens is 4. The molecule has 0 unspecified atom stereocenters. The number of piperidine rings is 1. The molecule has 1 fully saturated rings. The van der Waals surface area contributed by atoms with Crippen molar-refractivity contribution < 1.29 is 4.74 Å². The van der Waals surface area contributed by atoms with Gasteiger partial charge in [-0.2, -0.15) is 0 Å². The van der Waals surface area contributed by atoms with E-state index in [-0.39, 0.29) is 11.7 Å². The van der Waals surface area contributed by atoms with Gasteiger partial charge >= 0.3 is 5.69 Å². The molecule has 0 spiro atoms. The van der Waals surface area contributed by atoms with Gasteiger partial charge in [-0.15, -0.1) is 0 Å². The molecule has 2 aromatic heterocycles. The highest BCUT2D eigenvalue weighted by Gasteiger charge is 2.23. The minimum absolute atomic E-state index is 0.00894. The molecule has 1 aliphatic heterocycles. The van der Waals surface area contributed by atoms with Crippen molar-refractivity contribution in [3.63, 3.8) is 0 Å². The van der Waals surface area contributed by atoms with E-state index in [0.717, 1.165) is 82.8 Å². The lowest BCUT2D eigenvalue weighted by molar-refractivity contribution is 0.180. The van der Waals surface area contributed by atoms with Gasteiger partial charge in [0.2, 0.25) is 0 Å². The van der Waals surface area contributed by atoms with Crippen molar-refractivity contribution in [3.05, 3.63) is 113 Å². The second kappa shape index (κ2) is 10.7. The average molecular weight is 542 g/mol. The van der Waals surface area contributed by atoms with Crippen molar-refractivity contribution >= 4 is 22.1 Å². The number of ether oxygens (including phenoxy) is 1. The van der Waals surface area contributed by atoms with Crippen LogP contribution in [-0.4, -0.2) is 44.6 Å². The highest BCUT2D eigenvalue weighted by molar-refractivity contribution is 5.86. The second-order valence-corrected chi connectivity index (χ2v) is 10.7. The number of likely N-dealkylation sites (tertiary alicyclic amines) is 1. The van der Waals surface area contributed by atoms with Gasteiger partial charge in [-0.05, 0) is 42.7 Å². The third-order valence-electron chi connectivity index (χ3n) is 8.10. The van der Waals surface area contributed by atoms with Gasteiger partial charge in [0, 0.05) is 42.9 Å². The summed E-state index contributed by atoms with van der Waals surface area (Å²) in [5, 5.41) is 0. The van der Waals surface area contributed by atoms with E-state index in [1.165, 1.54) is 5.56 Å². The molecule has 0 bridgehead atoms. The summed E-state index contributed by atoms with van der Waals surface area (Å²) in [6.45, 7) is 2.78. The molecule has 0 aliphatic carbocycles. The molecule has 0 atom stereocenters. The Balaban J connectivity index is 1.11. The molecule has 1 N–H and O–H groups in total. The van der Waals surface area contributed by atoms with E-state index >= 15 is 0 Å². The molecular weight excluding hydrogens is 510 g/mol. The number of para-hydroxylation sites is 2. The van der Waals surface area contributed by atoms with Crippen LogP contribution in [0, 0.1) is 0 Å². The van der Waals surface area contributed by atoms with E-state index in [9.17, 15) is 4.79 Å². The molecule has 1 saturated heterocycles. The number of nitrogens with one attached hydrogen (secondary N) is 1. The SMILES string of the molecule is COc1ccc2nc(-c3ccccc3)c(-c3ccc(CN4CCC(n5c(=O)[nH]c6ccccc65)CC4)cc3)nc2c1. The molecule has 1 aliphatic rings. The second-order valence-electron chi connectivity index (χ2n) is 10.7. The number of hydrogen-bond acceptors (Lipinski definition) is 5. The first kappa shape index (κ1) is 25.2. The Morgan fingerprint density at radius 1 is 0.805 bits per heavy atom. The minimum Gasteiger partial charge on any atom is -0.497 e. The smallest absolute Gasteiger partial charge is 0.326 e. The lowest BCUT2D eigenvalue weighted by Crippen LogP contribution is -2.36. The number of nitrogens with zero attached hydrogens (tertiary/aromatic N) is 4. The Bertz CT molecular complexity index is 1880. The van der Waals surface area contributed by atoms with Crippen LogP contribution in [0.4, 0.5) is 0 Å². The van der Waals surface area contributed by atoms with Gasteiger partial charge < -0.3 is 9.72 Å². The number of H-pyrrole nitrogens is 1. The Kier molecular flexibility index (Phi) is 6.57. The summed E-state index contributed by atoms with van der Waals surface area (Å²) in [5.74, 6) is 0.763. The van der Waals surface area contributed by atoms with Crippen LogP contribution in [0.5, 0.6) is 5.75 Å². The molecule has 204 valence electrons. The fourth-order valence-corrected chi connectivity index (χ4v) is 5.96. The summed E-state index contributed by atoms with van der Waals surface area (Å²) in [7, 11) is 1.66. The number of methoxy groups -OCH3 is 1. The van der Waals surface area contributed by atoms with E-state index in [2.05, 4.69) is 46.3 Å². The number of aromatic amines is 1. The van der Waals surface area contributed by atoms with Gasteiger partial charge in [0.05, 0.1) is 40.6 Å². The van der Waals surface area contributed by atoms with Gasteiger partial charge in [0.15, 0.2) is 0 Å². The van der Waals surface area contributed by atoms with Gasteiger partial charge in [-0.3, -0.25) is 9.47 Å². The van der Waals surface area contributed by atoms with E-state index < -0.39 is 0 Å². The van der Waals surface area contributed by atoms with Crippen LogP contribution in [0.1, 0.15) is 24.4 Å². The highest BCUT2D eigenvalue weighted by atomic mass is 16.5. The van der Waals surface area contributed by atoms with Crippen LogP contribution in [-0.2, 0) is 6.54 Å². The van der Waals surface area contributed by atoms with Gasteiger partial charge in [0.1, 0.15) is 5.75 Å². The van der Waals surface area contributed by atoms with Gasteiger partial charge in [0.25, 0.3) is 0 Å². The van der Waals surface area contributed by atoms with Crippen LogP contribution in [0.25, 0.3) is 44.6 Å². The quantitative estimate of drug-likeness (QED) is 0.262. The molecule has 7 heteroatoms. The molecule has 6 aromatic rings. The van der Waals surface area contributed by atoms with E-state index in [4.69, 9.17) is 14.7 Å². The predicted octanol–water partition coefficient (Wildman–Crippen LogP) is 6.45. The molecule has 0 radical (unpaired) electrons. The fourth-order valence-electron chi connectivity index (χ4n) is 5.96. The minimum atomic E-state index is -0.00894. The summed E-state index contributed by atoms with van der Waals surface area (Å²) in [6.07, 6.45) is 1.91. The van der Waals surface area contributed by atoms with Crippen LogP contribution in [0.15, 0.2) is 102 Å². The largest absolute Gasteiger partial charge is 0.497 e.